The van der Waals surface area contributed by atoms with E-state index in [0.29, 0.717) is 28.2 Å². The summed E-state index contributed by atoms with van der Waals surface area (Å²) in [5.41, 5.74) is 1.08. The summed E-state index contributed by atoms with van der Waals surface area (Å²) in [6.07, 6.45) is 0.129. The zero-order chi connectivity index (χ0) is 33.8. The van der Waals surface area contributed by atoms with Crippen molar-refractivity contribution in [2.24, 2.45) is 20.6 Å². The van der Waals surface area contributed by atoms with Crippen LogP contribution in [0.25, 0.3) is 0 Å². The van der Waals surface area contributed by atoms with E-state index in [1.807, 2.05) is 0 Å². The molecule has 0 bridgehead atoms. The Balaban J connectivity index is 0.000000340. The predicted molar refractivity (Wildman–Crippen MR) is 167 cm³/mol. The van der Waals surface area contributed by atoms with Crippen molar-refractivity contribution in [3.63, 3.8) is 0 Å². The summed E-state index contributed by atoms with van der Waals surface area (Å²) in [6, 6.07) is 12.2. The van der Waals surface area contributed by atoms with E-state index in [1.165, 1.54) is 46.9 Å². The van der Waals surface area contributed by atoms with E-state index in [1.54, 1.807) is 36.5 Å². The number of rotatable bonds is 10. The van der Waals surface area contributed by atoms with Gasteiger partial charge in [0.05, 0.1) is 26.8 Å². The van der Waals surface area contributed by atoms with Crippen LogP contribution in [0, 0.1) is 11.6 Å². The maximum absolute atomic E-state index is 12.7. The van der Waals surface area contributed by atoms with E-state index in [2.05, 4.69) is 35.1 Å². The molecule has 0 spiro atoms. The third-order valence-corrected chi connectivity index (χ3v) is 6.07. The molecule has 0 aliphatic heterocycles. The van der Waals surface area contributed by atoms with Gasteiger partial charge in [-0.25, -0.2) is 8.78 Å². The Hall–Kier alpha value is -3.94. The summed E-state index contributed by atoms with van der Waals surface area (Å²) < 4.78 is 62.9. The molecule has 0 saturated carbocycles. The average molecular weight is 698 g/mol. The fraction of sp³-hybridized carbons (Fsp3) is 0.241. The molecule has 0 aliphatic rings. The largest absolute Gasteiger partial charge is 0.416 e. The Bertz CT molecular complexity index is 1470. The van der Waals surface area contributed by atoms with Crippen LogP contribution in [0.15, 0.2) is 75.2 Å². The van der Waals surface area contributed by atoms with E-state index in [-0.39, 0.29) is 17.0 Å². The molecule has 0 unspecified atom stereocenters. The predicted octanol–water partition coefficient (Wildman–Crippen LogP) is 8.65. The second-order valence-corrected chi connectivity index (χ2v) is 9.32. The van der Waals surface area contributed by atoms with Crippen molar-refractivity contribution >= 4 is 59.2 Å². The molecule has 45 heavy (non-hydrogen) atoms. The number of nitrogens with zero attached hydrogens (tertiary/aromatic N) is 4. The van der Waals surface area contributed by atoms with E-state index < -0.39 is 23.4 Å². The molecule has 0 heterocycles. The Morgan fingerprint density at radius 3 is 1.91 bits per heavy atom. The molecule has 3 aromatic rings. The third kappa shape index (κ3) is 15.1. The molecule has 0 fully saturated rings. The van der Waals surface area contributed by atoms with E-state index >= 15 is 0 Å². The zero-order valence-electron chi connectivity index (χ0n) is 24.3. The second-order valence-electron chi connectivity index (χ2n) is 8.10. The summed E-state index contributed by atoms with van der Waals surface area (Å²) in [7, 11) is 5.63. The van der Waals surface area contributed by atoms with E-state index in [4.69, 9.17) is 39.6 Å². The van der Waals surface area contributed by atoms with Gasteiger partial charge in [-0.1, -0.05) is 73.6 Å². The Kier molecular flexibility index (Phi) is 18.2. The molecule has 0 N–H and O–H groups in total. The van der Waals surface area contributed by atoms with Gasteiger partial charge >= 0.3 is 6.18 Å². The van der Waals surface area contributed by atoms with Gasteiger partial charge < -0.3 is 19.4 Å². The minimum atomic E-state index is -4.57. The lowest BCUT2D eigenvalue weighted by molar-refractivity contribution is -0.138. The van der Waals surface area contributed by atoms with Crippen molar-refractivity contribution in [1.29, 1.82) is 0 Å². The second kappa shape index (κ2) is 20.9. The van der Waals surface area contributed by atoms with Crippen LogP contribution < -0.4 is 0 Å². The third-order valence-electron chi connectivity index (χ3n) is 5.04. The highest BCUT2D eigenvalue weighted by Crippen LogP contribution is 2.32. The maximum atomic E-state index is 12.7. The summed E-state index contributed by atoms with van der Waals surface area (Å²) in [4.78, 5) is 18.1. The lowest BCUT2D eigenvalue weighted by atomic mass is 10.0. The van der Waals surface area contributed by atoms with Crippen molar-refractivity contribution in [2.45, 2.75) is 19.0 Å². The summed E-state index contributed by atoms with van der Waals surface area (Å²) in [5.74, 6) is -1.33. The van der Waals surface area contributed by atoms with Crippen LogP contribution in [0.5, 0.6) is 0 Å². The molecule has 3 rings (SSSR count). The smallest absolute Gasteiger partial charge is 0.399 e. The summed E-state index contributed by atoms with van der Waals surface area (Å²) in [6.45, 7) is 0. The Labute approximate surface area is 271 Å². The van der Waals surface area contributed by atoms with Crippen molar-refractivity contribution < 1.29 is 41.3 Å². The minimum Gasteiger partial charge on any atom is -0.399 e. The van der Waals surface area contributed by atoms with Gasteiger partial charge in [0, 0.05) is 30.8 Å². The van der Waals surface area contributed by atoms with Crippen molar-refractivity contribution in [3.8, 4) is 0 Å². The number of hydrogen-bond donors (Lipinski definition) is 0. The molecule has 0 saturated heterocycles. The van der Waals surface area contributed by atoms with Gasteiger partial charge in [0.1, 0.15) is 45.8 Å². The van der Waals surface area contributed by atoms with Crippen molar-refractivity contribution in [2.75, 3.05) is 28.4 Å². The first-order chi connectivity index (χ1) is 21.4. The quantitative estimate of drug-likeness (QED) is 0.121. The van der Waals surface area contributed by atoms with Crippen LogP contribution in [0.4, 0.5) is 22.0 Å². The minimum absolute atomic E-state index is 0.0466. The SMILES string of the molecule is CON=CC(=NOC)c1ccc(Cl)c(Cl)c1.CON=CCc1ccc(F)c(Cl)c1.CON=CCc1ccc(F)cc1C(F)(F)F. The van der Waals surface area contributed by atoms with Crippen LogP contribution >= 0.6 is 34.8 Å². The molecule has 244 valence electrons. The Morgan fingerprint density at radius 2 is 1.36 bits per heavy atom. The van der Waals surface area contributed by atoms with Gasteiger partial charge in [0.25, 0.3) is 0 Å². The van der Waals surface area contributed by atoms with Gasteiger partial charge in [-0.15, -0.1) is 0 Å². The van der Waals surface area contributed by atoms with Crippen molar-refractivity contribution in [3.05, 3.63) is 104 Å². The number of hydrogen-bond acceptors (Lipinski definition) is 8. The van der Waals surface area contributed by atoms with Crippen molar-refractivity contribution in [1.82, 2.24) is 0 Å². The Morgan fingerprint density at radius 1 is 0.711 bits per heavy atom. The first kappa shape index (κ1) is 39.1. The number of oxime groups is 4. The standard InChI is InChI=1S/C10H10Cl2N2O2.C10H9F4NO.C9H9ClFNO/c1-15-13-6-10(14-16-2)7-3-4-8(11)9(12)5-7;1-16-15-5-4-7-2-3-8(11)6-9(7)10(12,13)14;1-13-12-5-4-7-2-3-9(11)8(10)6-7/h3-6H,1-2H3;2-3,5-6H,4H2,1H3;2-3,5-6H,4H2,1H3. The molecule has 0 aliphatic carbocycles. The molecular weight excluding hydrogens is 670 g/mol. The average Bonchev–Trinajstić information content (AvgIpc) is 3.00. The molecule has 0 amide bonds. The lowest BCUT2D eigenvalue weighted by Crippen LogP contribution is -2.10. The molecule has 8 nitrogen and oxygen atoms in total. The topological polar surface area (TPSA) is 86.4 Å². The van der Waals surface area contributed by atoms with Gasteiger partial charge in [-0.2, -0.15) is 13.2 Å². The fourth-order valence-electron chi connectivity index (χ4n) is 3.09. The molecule has 0 radical (unpaired) electrons. The van der Waals surface area contributed by atoms with Crippen LogP contribution in [0.1, 0.15) is 22.3 Å². The maximum Gasteiger partial charge on any atom is 0.416 e. The zero-order valence-corrected chi connectivity index (χ0v) is 26.6. The summed E-state index contributed by atoms with van der Waals surface area (Å²) >= 11 is 17.3. The molecule has 3 aromatic carbocycles. The van der Waals surface area contributed by atoms with Gasteiger partial charge in [-0.05, 0) is 47.5 Å². The highest BCUT2D eigenvalue weighted by Gasteiger charge is 2.33. The number of benzene rings is 3. The lowest BCUT2D eigenvalue weighted by Gasteiger charge is -2.11. The molecular formula is C29H28Cl3F5N4O4. The van der Waals surface area contributed by atoms with E-state index in [9.17, 15) is 22.0 Å². The van der Waals surface area contributed by atoms with Crippen LogP contribution in [0.3, 0.4) is 0 Å². The monoisotopic (exact) mass is 696 g/mol. The van der Waals surface area contributed by atoms with Crippen LogP contribution in [-0.4, -0.2) is 52.8 Å². The van der Waals surface area contributed by atoms with Gasteiger partial charge in [0.2, 0.25) is 0 Å². The normalized spacial score (nSPS) is 11.6. The number of halogens is 8. The fourth-order valence-corrected chi connectivity index (χ4v) is 3.59. The first-order valence-corrected chi connectivity index (χ1v) is 13.5. The highest BCUT2D eigenvalue weighted by atomic mass is 35.5. The van der Waals surface area contributed by atoms with Crippen LogP contribution in [-0.2, 0) is 38.4 Å². The number of alkyl halides is 3. The molecule has 0 atom stereocenters. The molecule has 16 heteroatoms. The van der Waals surface area contributed by atoms with E-state index in [0.717, 1.165) is 23.3 Å². The van der Waals surface area contributed by atoms with Crippen LogP contribution in [0.2, 0.25) is 15.1 Å². The highest BCUT2D eigenvalue weighted by molar-refractivity contribution is 6.43. The summed E-state index contributed by atoms with van der Waals surface area (Å²) in [5, 5.41) is 15.3. The first-order valence-electron chi connectivity index (χ1n) is 12.4. The molecule has 0 aromatic heterocycles. The van der Waals surface area contributed by atoms with Gasteiger partial charge in [-0.3, -0.25) is 0 Å². The van der Waals surface area contributed by atoms with Gasteiger partial charge in [0.15, 0.2) is 0 Å².